The molecule has 0 radical (unpaired) electrons. The van der Waals surface area contributed by atoms with E-state index < -0.39 is 0 Å². The van der Waals surface area contributed by atoms with Gasteiger partial charge in [-0.05, 0) is 36.4 Å². The maximum absolute atomic E-state index is 12.0. The van der Waals surface area contributed by atoms with Gasteiger partial charge >= 0.3 is 0 Å². The minimum absolute atomic E-state index is 0.0864. The second kappa shape index (κ2) is 8.47. The molecule has 2 amide bonds. The van der Waals surface area contributed by atoms with E-state index in [4.69, 9.17) is 23.2 Å². The Hall–Kier alpha value is -2.37. The van der Waals surface area contributed by atoms with E-state index in [1.165, 1.54) is 6.21 Å². The fourth-order valence-corrected chi connectivity index (χ4v) is 2.24. The van der Waals surface area contributed by atoms with Crippen molar-refractivity contribution in [1.29, 1.82) is 0 Å². The minimum Gasteiger partial charge on any atom is -0.326 e. The number of nitrogens with one attached hydrogen (secondary N) is 2. The van der Waals surface area contributed by atoms with Gasteiger partial charge < -0.3 is 5.32 Å². The average molecular weight is 364 g/mol. The number of halogens is 2. The first-order valence-corrected chi connectivity index (χ1v) is 7.93. The number of hydrazone groups is 1. The van der Waals surface area contributed by atoms with E-state index in [0.29, 0.717) is 33.3 Å². The van der Waals surface area contributed by atoms with E-state index in [-0.39, 0.29) is 11.8 Å². The van der Waals surface area contributed by atoms with Crippen molar-refractivity contribution in [2.24, 2.45) is 5.10 Å². The van der Waals surface area contributed by atoms with E-state index in [1.807, 2.05) is 0 Å². The van der Waals surface area contributed by atoms with Gasteiger partial charge in [0.25, 0.3) is 5.91 Å². The number of nitrogens with zero attached hydrogens (tertiary/aromatic N) is 1. The zero-order valence-corrected chi connectivity index (χ0v) is 14.4. The standard InChI is InChI=1S/C17H15Cl2N3O2/c1-2-16(23)21-14-7-4-11(5-8-14)17(24)22-20-10-12-3-6-13(18)9-15(12)19/h3-10H,2H2,1H3,(H,21,23)(H,22,24). The molecule has 2 aromatic carbocycles. The maximum atomic E-state index is 12.0. The number of amides is 2. The van der Waals surface area contributed by atoms with E-state index in [9.17, 15) is 9.59 Å². The van der Waals surface area contributed by atoms with Crippen LogP contribution in [0, 0.1) is 0 Å². The fourth-order valence-electron chi connectivity index (χ4n) is 1.79. The van der Waals surface area contributed by atoms with Crippen LogP contribution in [0.1, 0.15) is 29.3 Å². The molecule has 0 spiro atoms. The van der Waals surface area contributed by atoms with Crippen LogP contribution in [-0.4, -0.2) is 18.0 Å². The first-order chi connectivity index (χ1) is 11.5. The predicted molar refractivity (Wildman–Crippen MR) is 96.9 cm³/mol. The highest BCUT2D eigenvalue weighted by Crippen LogP contribution is 2.19. The molecule has 24 heavy (non-hydrogen) atoms. The number of carbonyl (C=O) groups excluding carboxylic acids is 2. The Morgan fingerprint density at radius 3 is 2.46 bits per heavy atom. The van der Waals surface area contributed by atoms with Gasteiger partial charge in [-0.15, -0.1) is 0 Å². The van der Waals surface area contributed by atoms with Crippen molar-refractivity contribution in [3.8, 4) is 0 Å². The number of hydrogen-bond acceptors (Lipinski definition) is 3. The van der Waals surface area contributed by atoms with E-state index in [2.05, 4.69) is 15.8 Å². The molecule has 0 fully saturated rings. The van der Waals surface area contributed by atoms with Crippen LogP contribution < -0.4 is 10.7 Å². The van der Waals surface area contributed by atoms with Gasteiger partial charge in [-0.25, -0.2) is 5.43 Å². The largest absolute Gasteiger partial charge is 0.326 e. The molecular weight excluding hydrogens is 349 g/mol. The van der Waals surface area contributed by atoms with Gasteiger partial charge in [0.05, 0.1) is 11.2 Å². The zero-order chi connectivity index (χ0) is 17.5. The maximum Gasteiger partial charge on any atom is 0.271 e. The summed E-state index contributed by atoms with van der Waals surface area (Å²) >= 11 is 11.8. The van der Waals surface area contributed by atoms with Gasteiger partial charge in [0, 0.05) is 28.3 Å². The molecular formula is C17H15Cl2N3O2. The Labute approximate surface area is 149 Å². The Morgan fingerprint density at radius 2 is 1.83 bits per heavy atom. The normalized spacial score (nSPS) is 10.6. The molecule has 0 saturated carbocycles. The third kappa shape index (κ3) is 5.08. The van der Waals surface area contributed by atoms with Crippen molar-refractivity contribution in [1.82, 2.24) is 5.43 Å². The van der Waals surface area contributed by atoms with E-state index in [1.54, 1.807) is 49.4 Å². The summed E-state index contributed by atoms with van der Waals surface area (Å²) < 4.78 is 0. The molecule has 0 atom stereocenters. The van der Waals surface area contributed by atoms with Crippen molar-refractivity contribution >= 4 is 46.9 Å². The second-order valence-corrected chi connectivity index (χ2v) is 5.69. The highest BCUT2D eigenvalue weighted by Gasteiger charge is 2.05. The zero-order valence-electron chi connectivity index (χ0n) is 12.8. The van der Waals surface area contributed by atoms with Gasteiger partial charge in [0.1, 0.15) is 0 Å². The predicted octanol–water partition coefficient (Wildman–Crippen LogP) is 4.11. The molecule has 0 saturated heterocycles. The van der Waals surface area contributed by atoms with Crippen LogP contribution in [0.4, 0.5) is 5.69 Å². The third-order valence-corrected chi connectivity index (χ3v) is 3.65. The van der Waals surface area contributed by atoms with Crippen LogP contribution >= 0.6 is 23.2 Å². The smallest absolute Gasteiger partial charge is 0.271 e. The number of carbonyl (C=O) groups is 2. The molecule has 0 bridgehead atoms. The molecule has 0 aliphatic heterocycles. The van der Waals surface area contributed by atoms with Crippen LogP contribution in [0.3, 0.4) is 0 Å². The lowest BCUT2D eigenvalue weighted by Crippen LogP contribution is -2.17. The number of hydrogen-bond donors (Lipinski definition) is 2. The first-order valence-electron chi connectivity index (χ1n) is 7.18. The molecule has 7 heteroatoms. The van der Waals surface area contributed by atoms with Crippen LogP contribution in [-0.2, 0) is 4.79 Å². The summed E-state index contributed by atoms with van der Waals surface area (Å²) in [6.07, 6.45) is 1.83. The Kier molecular flexibility index (Phi) is 6.35. The SMILES string of the molecule is CCC(=O)Nc1ccc(C(=O)NN=Cc2ccc(Cl)cc2Cl)cc1. The lowest BCUT2D eigenvalue weighted by molar-refractivity contribution is -0.115. The van der Waals surface area contributed by atoms with Gasteiger partial charge in [0.15, 0.2) is 0 Å². The fraction of sp³-hybridized carbons (Fsp3) is 0.118. The lowest BCUT2D eigenvalue weighted by atomic mass is 10.2. The monoisotopic (exact) mass is 363 g/mol. The van der Waals surface area contributed by atoms with Crippen molar-refractivity contribution in [3.05, 3.63) is 63.6 Å². The Morgan fingerprint density at radius 1 is 1.12 bits per heavy atom. The Balaban J connectivity index is 1.97. The second-order valence-electron chi connectivity index (χ2n) is 4.84. The summed E-state index contributed by atoms with van der Waals surface area (Å²) in [4.78, 5) is 23.3. The van der Waals surface area contributed by atoms with Crippen LogP contribution in [0.2, 0.25) is 10.0 Å². The Bertz CT molecular complexity index is 774. The minimum atomic E-state index is -0.371. The third-order valence-electron chi connectivity index (χ3n) is 3.08. The molecule has 0 aliphatic carbocycles. The molecule has 0 heterocycles. The summed E-state index contributed by atoms with van der Waals surface area (Å²) in [5.41, 5.74) is 4.10. The summed E-state index contributed by atoms with van der Waals surface area (Å²) in [5.74, 6) is -0.457. The number of rotatable bonds is 5. The lowest BCUT2D eigenvalue weighted by Gasteiger charge is -2.05. The molecule has 0 unspecified atom stereocenters. The van der Waals surface area contributed by atoms with Crippen molar-refractivity contribution in [2.75, 3.05) is 5.32 Å². The average Bonchev–Trinajstić information content (AvgIpc) is 2.57. The molecule has 2 aromatic rings. The van der Waals surface area contributed by atoms with E-state index >= 15 is 0 Å². The highest BCUT2D eigenvalue weighted by molar-refractivity contribution is 6.36. The molecule has 0 aliphatic rings. The van der Waals surface area contributed by atoms with Crippen molar-refractivity contribution < 1.29 is 9.59 Å². The molecule has 5 nitrogen and oxygen atoms in total. The first kappa shape index (κ1) is 18.0. The van der Waals surface area contributed by atoms with Crippen molar-refractivity contribution in [3.63, 3.8) is 0 Å². The highest BCUT2D eigenvalue weighted by atomic mass is 35.5. The quantitative estimate of drug-likeness (QED) is 0.619. The topological polar surface area (TPSA) is 70.6 Å². The molecule has 0 aromatic heterocycles. The van der Waals surface area contributed by atoms with Gasteiger partial charge in [-0.2, -0.15) is 5.10 Å². The summed E-state index contributed by atoms with van der Waals surface area (Å²) in [6, 6.07) is 11.5. The van der Waals surface area contributed by atoms with Crippen LogP contribution in [0.15, 0.2) is 47.6 Å². The van der Waals surface area contributed by atoms with E-state index in [0.717, 1.165) is 0 Å². The number of anilines is 1. The van der Waals surface area contributed by atoms with Crippen molar-refractivity contribution in [2.45, 2.75) is 13.3 Å². The summed E-state index contributed by atoms with van der Waals surface area (Å²) in [7, 11) is 0. The number of benzene rings is 2. The van der Waals surface area contributed by atoms with Gasteiger partial charge in [-0.1, -0.05) is 36.2 Å². The molecule has 2 N–H and O–H groups in total. The summed E-state index contributed by atoms with van der Waals surface area (Å²) in [6.45, 7) is 1.77. The van der Waals surface area contributed by atoms with Crippen LogP contribution in [0.25, 0.3) is 0 Å². The molecule has 2 rings (SSSR count). The summed E-state index contributed by atoms with van der Waals surface area (Å²) in [5, 5.41) is 7.54. The van der Waals surface area contributed by atoms with Gasteiger partial charge in [0.2, 0.25) is 5.91 Å². The molecule has 124 valence electrons. The van der Waals surface area contributed by atoms with Gasteiger partial charge in [-0.3, -0.25) is 9.59 Å². The van der Waals surface area contributed by atoms with Crippen LogP contribution in [0.5, 0.6) is 0 Å².